The molecule has 0 spiro atoms. The summed E-state index contributed by atoms with van der Waals surface area (Å²) in [4.78, 5) is 4.35. The first-order valence-corrected chi connectivity index (χ1v) is 6.28. The number of nitrogens with zero attached hydrogens (tertiary/aromatic N) is 1. The van der Waals surface area contributed by atoms with Crippen molar-refractivity contribution in [3.8, 4) is 0 Å². The van der Waals surface area contributed by atoms with Gasteiger partial charge in [0.05, 0.1) is 5.04 Å². The van der Waals surface area contributed by atoms with Crippen LogP contribution in [0.3, 0.4) is 0 Å². The van der Waals surface area contributed by atoms with Gasteiger partial charge in [0.1, 0.15) is 0 Å². The van der Waals surface area contributed by atoms with Crippen molar-refractivity contribution < 1.29 is 0 Å². The molecule has 0 bridgehead atoms. The maximum Gasteiger partial charge on any atom is 0.0647 e. The van der Waals surface area contributed by atoms with E-state index in [-0.39, 0.29) is 0 Å². The van der Waals surface area contributed by atoms with Crippen LogP contribution in [0.1, 0.15) is 27.2 Å². The molecule has 0 aliphatic rings. The maximum absolute atomic E-state index is 4.35. The third-order valence-corrected chi connectivity index (χ3v) is 2.97. The van der Waals surface area contributed by atoms with E-state index in [9.17, 15) is 0 Å². The summed E-state index contributed by atoms with van der Waals surface area (Å²) in [5.74, 6) is 1.04. The van der Waals surface area contributed by atoms with Gasteiger partial charge in [0, 0.05) is 12.3 Å². The molecule has 0 atom stereocenters. The van der Waals surface area contributed by atoms with Gasteiger partial charge in [-0.2, -0.15) is 0 Å². The van der Waals surface area contributed by atoms with E-state index in [1.165, 1.54) is 10.6 Å². The molecule has 0 N–H and O–H groups in total. The molecule has 0 unspecified atom stereocenters. The first kappa shape index (κ1) is 14.2. The Morgan fingerprint density at radius 2 is 2.20 bits per heavy atom. The lowest BCUT2D eigenvalue weighted by Gasteiger charge is -2.03. The highest BCUT2D eigenvalue weighted by molar-refractivity contribution is 8.14. The smallest absolute Gasteiger partial charge is 0.0647 e. The number of aliphatic imine (C=N–C) groups is 1. The number of hydrogen-bond donors (Lipinski definition) is 0. The third kappa shape index (κ3) is 8.25. The monoisotopic (exact) mass is 223 g/mol. The molecular formula is C13H21NS. The number of thioether (sulfide) groups is 1. The van der Waals surface area contributed by atoms with Crippen LogP contribution in [0, 0.1) is 0 Å². The minimum atomic E-state index is 0.875. The Bertz CT molecular complexity index is 262. The van der Waals surface area contributed by atoms with Crippen LogP contribution in [0.15, 0.2) is 41.4 Å². The Hall–Kier alpha value is -0.760. The molecule has 15 heavy (non-hydrogen) atoms. The predicted molar refractivity (Wildman–Crippen MR) is 73.8 cm³/mol. The molecule has 0 aromatic heterocycles. The predicted octanol–water partition coefficient (Wildman–Crippen LogP) is 4.24. The molecule has 0 saturated heterocycles. The van der Waals surface area contributed by atoms with Crippen molar-refractivity contribution in [1.82, 2.24) is 0 Å². The molecule has 0 aliphatic carbocycles. The lowest BCUT2D eigenvalue weighted by Crippen LogP contribution is -1.92. The number of allylic oxidation sites excluding steroid dienone is 4. The van der Waals surface area contributed by atoms with Crippen molar-refractivity contribution in [3.63, 3.8) is 0 Å². The molecule has 0 heterocycles. The minimum Gasteiger partial charge on any atom is -0.284 e. The van der Waals surface area contributed by atoms with Crippen molar-refractivity contribution in [2.24, 2.45) is 4.99 Å². The van der Waals surface area contributed by atoms with E-state index in [1.807, 2.05) is 23.9 Å². The lowest BCUT2D eigenvalue weighted by molar-refractivity contribution is 1.13. The van der Waals surface area contributed by atoms with Crippen LogP contribution in [0.25, 0.3) is 0 Å². The van der Waals surface area contributed by atoms with E-state index in [2.05, 4.69) is 44.5 Å². The van der Waals surface area contributed by atoms with Crippen molar-refractivity contribution in [3.05, 3.63) is 36.5 Å². The van der Waals surface area contributed by atoms with Gasteiger partial charge in [-0.15, -0.1) is 11.8 Å². The van der Waals surface area contributed by atoms with Gasteiger partial charge in [0.2, 0.25) is 0 Å². The first-order valence-electron chi connectivity index (χ1n) is 5.30. The van der Waals surface area contributed by atoms with Gasteiger partial charge >= 0.3 is 0 Å². The van der Waals surface area contributed by atoms with Crippen molar-refractivity contribution in [2.75, 3.05) is 12.3 Å². The van der Waals surface area contributed by atoms with Crippen molar-refractivity contribution in [2.45, 2.75) is 27.2 Å². The fraction of sp³-hybridized carbons (Fsp3) is 0.462. The number of hydrogen-bond acceptors (Lipinski definition) is 2. The van der Waals surface area contributed by atoms with E-state index >= 15 is 0 Å². The Morgan fingerprint density at radius 1 is 1.47 bits per heavy atom. The van der Waals surface area contributed by atoms with Gasteiger partial charge in [-0.3, -0.25) is 4.99 Å². The van der Waals surface area contributed by atoms with Gasteiger partial charge in [-0.05, 0) is 27.2 Å². The van der Waals surface area contributed by atoms with Crippen LogP contribution in [0.4, 0.5) is 0 Å². The van der Waals surface area contributed by atoms with Gasteiger partial charge in [0.15, 0.2) is 0 Å². The van der Waals surface area contributed by atoms with Gasteiger partial charge < -0.3 is 0 Å². The highest BCUT2D eigenvalue weighted by Crippen LogP contribution is 2.13. The molecule has 0 radical (unpaired) electrons. The van der Waals surface area contributed by atoms with Crippen molar-refractivity contribution in [1.29, 1.82) is 0 Å². The average molecular weight is 223 g/mol. The summed E-state index contributed by atoms with van der Waals surface area (Å²) in [6.45, 7) is 10.7. The zero-order chi connectivity index (χ0) is 11.5. The molecule has 0 aliphatic heterocycles. The molecule has 0 aromatic carbocycles. The van der Waals surface area contributed by atoms with E-state index in [4.69, 9.17) is 0 Å². The van der Waals surface area contributed by atoms with E-state index in [0.717, 1.165) is 18.7 Å². The Kier molecular flexibility index (Phi) is 9.29. The van der Waals surface area contributed by atoms with Crippen LogP contribution >= 0.6 is 11.8 Å². The van der Waals surface area contributed by atoms with E-state index < -0.39 is 0 Å². The standard InChI is InChI=1S/C13H21NS/c1-5-8-9-10-13(6-2)11-15-12(4)14-7-3/h5-6,8-9H,1,7,10-11H2,2-4H3/b9-8?,13-6+,14-12?. The highest BCUT2D eigenvalue weighted by Gasteiger charge is 1.96. The summed E-state index contributed by atoms with van der Waals surface area (Å²) >= 11 is 1.81. The van der Waals surface area contributed by atoms with E-state index in [1.54, 1.807) is 0 Å². The molecule has 0 saturated carbocycles. The largest absolute Gasteiger partial charge is 0.284 e. The second-order valence-corrected chi connectivity index (χ2v) is 4.27. The molecule has 0 amide bonds. The highest BCUT2D eigenvalue weighted by atomic mass is 32.2. The molecule has 0 aromatic rings. The summed E-state index contributed by atoms with van der Waals surface area (Å²) in [5.41, 5.74) is 1.43. The zero-order valence-corrected chi connectivity index (χ0v) is 10.8. The molecule has 0 rings (SSSR count). The van der Waals surface area contributed by atoms with Crippen LogP contribution in [-0.4, -0.2) is 17.3 Å². The third-order valence-electron chi connectivity index (χ3n) is 1.91. The Labute approximate surface area is 98.1 Å². The van der Waals surface area contributed by atoms with E-state index in [0.29, 0.717) is 0 Å². The summed E-state index contributed by atoms with van der Waals surface area (Å²) < 4.78 is 0. The summed E-state index contributed by atoms with van der Waals surface area (Å²) in [6, 6.07) is 0. The normalized spacial score (nSPS) is 13.5. The lowest BCUT2D eigenvalue weighted by atomic mass is 10.2. The van der Waals surface area contributed by atoms with Crippen molar-refractivity contribution >= 4 is 16.8 Å². The fourth-order valence-corrected chi connectivity index (χ4v) is 1.94. The van der Waals surface area contributed by atoms with Crippen LogP contribution < -0.4 is 0 Å². The maximum atomic E-state index is 4.35. The molecule has 1 nitrogen and oxygen atoms in total. The Balaban J connectivity index is 3.96. The number of rotatable bonds is 6. The molecular weight excluding hydrogens is 202 g/mol. The zero-order valence-electron chi connectivity index (χ0n) is 9.99. The second kappa shape index (κ2) is 9.78. The molecule has 84 valence electrons. The van der Waals surface area contributed by atoms with Gasteiger partial charge in [-0.25, -0.2) is 0 Å². The molecule has 0 fully saturated rings. The first-order chi connectivity index (χ1) is 7.24. The van der Waals surface area contributed by atoms with Crippen LogP contribution in [0.2, 0.25) is 0 Å². The average Bonchev–Trinajstić information content (AvgIpc) is 2.23. The fourth-order valence-electron chi connectivity index (χ4n) is 1.04. The van der Waals surface area contributed by atoms with Gasteiger partial charge in [0.25, 0.3) is 0 Å². The van der Waals surface area contributed by atoms with Crippen LogP contribution in [-0.2, 0) is 0 Å². The minimum absolute atomic E-state index is 0.875. The quantitative estimate of drug-likeness (QED) is 0.284. The summed E-state index contributed by atoms with van der Waals surface area (Å²) in [7, 11) is 0. The van der Waals surface area contributed by atoms with Gasteiger partial charge in [-0.1, -0.05) is 36.5 Å². The topological polar surface area (TPSA) is 12.4 Å². The van der Waals surface area contributed by atoms with Crippen LogP contribution in [0.5, 0.6) is 0 Å². The SMILES string of the molecule is C=CC=CC/C(=C\C)CSC(C)=NCC. The second-order valence-electron chi connectivity index (χ2n) is 3.10. The Morgan fingerprint density at radius 3 is 2.73 bits per heavy atom. The molecule has 2 heteroatoms. The summed E-state index contributed by atoms with van der Waals surface area (Å²) in [5, 5.41) is 1.17. The summed E-state index contributed by atoms with van der Waals surface area (Å²) in [6.07, 6.45) is 9.12.